The van der Waals surface area contributed by atoms with Gasteiger partial charge in [0.2, 0.25) is 11.8 Å². The summed E-state index contributed by atoms with van der Waals surface area (Å²) in [5.74, 6) is -1.53. The zero-order chi connectivity index (χ0) is 26.1. The summed E-state index contributed by atoms with van der Waals surface area (Å²) < 4.78 is 10.1. The Bertz CT molecular complexity index is 846. The van der Waals surface area contributed by atoms with Gasteiger partial charge in [-0.2, -0.15) is 0 Å². The highest BCUT2D eigenvalue weighted by Crippen LogP contribution is 2.12. The van der Waals surface area contributed by atoms with E-state index < -0.39 is 47.1 Å². The van der Waals surface area contributed by atoms with Crippen molar-refractivity contribution < 1.29 is 28.7 Å². The molecule has 1 aromatic carbocycles. The minimum absolute atomic E-state index is 0.135. The molecule has 34 heavy (non-hydrogen) atoms. The summed E-state index contributed by atoms with van der Waals surface area (Å²) in [6, 6.07) is 7.35. The molecule has 0 aliphatic heterocycles. The minimum atomic E-state index is -1.37. The van der Waals surface area contributed by atoms with Crippen LogP contribution in [0.2, 0.25) is 0 Å². The van der Waals surface area contributed by atoms with Crippen LogP contribution in [-0.4, -0.2) is 54.2 Å². The van der Waals surface area contributed by atoms with Gasteiger partial charge in [-0.15, -0.1) is 0 Å². The summed E-state index contributed by atoms with van der Waals surface area (Å²) in [7, 11) is 1.26. The average Bonchev–Trinajstić information content (AvgIpc) is 2.70. The second-order valence-corrected chi connectivity index (χ2v) is 10.2. The fourth-order valence-electron chi connectivity index (χ4n) is 3.13. The van der Waals surface area contributed by atoms with Gasteiger partial charge in [-0.1, -0.05) is 44.2 Å². The minimum Gasteiger partial charge on any atom is -0.467 e. The van der Waals surface area contributed by atoms with Crippen molar-refractivity contribution in [3.05, 3.63) is 35.9 Å². The molecule has 3 N–H and O–H groups in total. The van der Waals surface area contributed by atoms with Crippen LogP contribution in [0.15, 0.2) is 30.3 Å². The van der Waals surface area contributed by atoms with Gasteiger partial charge in [0.1, 0.15) is 23.2 Å². The molecule has 0 aliphatic carbocycles. The Kier molecular flexibility index (Phi) is 10.5. The van der Waals surface area contributed by atoms with Crippen molar-refractivity contribution in [2.45, 2.75) is 84.5 Å². The van der Waals surface area contributed by atoms with Crippen LogP contribution >= 0.6 is 0 Å². The zero-order valence-electron chi connectivity index (χ0n) is 21.5. The first-order chi connectivity index (χ1) is 15.6. The van der Waals surface area contributed by atoms with Gasteiger partial charge in [0.25, 0.3) is 0 Å². The highest BCUT2D eigenvalue weighted by Gasteiger charge is 2.36. The second kappa shape index (κ2) is 12.4. The van der Waals surface area contributed by atoms with E-state index in [2.05, 4.69) is 16.0 Å². The first kappa shape index (κ1) is 28.9. The van der Waals surface area contributed by atoms with E-state index in [1.54, 1.807) is 20.8 Å². The third-order valence-electron chi connectivity index (χ3n) is 4.79. The highest BCUT2D eigenvalue weighted by molar-refractivity contribution is 5.95. The maximum atomic E-state index is 13.2. The van der Waals surface area contributed by atoms with Crippen molar-refractivity contribution >= 4 is 23.9 Å². The van der Waals surface area contributed by atoms with Crippen molar-refractivity contribution in [1.29, 1.82) is 0 Å². The predicted molar refractivity (Wildman–Crippen MR) is 129 cm³/mol. The lowest BCUT2D eigenvalue weighted by atomic mass is 9.99. The molecule has 0 saturated heterocycles. The molecule has 0 bridgehead atoms. The molecule has 0 saturated carbocycles. The van der Waals surface area contributed by atoms with Crippen LogP contribution in [0, 0.1) is 5.92 Å². The van der Waals surface area contributed by atoms with E-state index in [0.29, 0.717) is 6.42 Å². The van der Waals surface area contributed by atoms with E-state index in [4.69, 9.17) is 9.47 Å². The predicted octanol–water partition coefficient (Wildman–Crippen LogP) is 2.72. The van der Waals surface area contributed by atoms with Crippen molar-refractivity contribution in [3.63, 3.8) is 0 Å². The van der Waals surface area contributed by atoms with Crippen molar-refractivity contribution in [1.82, 2.24) is 16.0 Å². The maximum absolute atomic E-state index is 13.2. The van der Waals surface area contributed by atoms with Crippen molar-refractivity contribution in [3.8, 4) is 0 Å². The number of ether oxygens (including phenoxy) is 2. The van der Waals surface area contributed by atoms with Gasteiger partial charge >= 0.3 is 12.1 Å². The smallest absolute Gasteiger partial charge is 0.408 e. The Morgan fingerprint density at radius 3 is 2.00 bits per heavy atom. The lowest BCUT2D eigenvalue weighted by Gasteiger charge is -2.30. The van der Waals surface area contributed by atoms with E-state index in [-0.39, 0.29) is 12.3 Å². The molecule has 0 heterocycles. The van der Waals surface area contributed by atoms with Crippen LogP contribution in [0.3, 0.4) is 0 Å². The number of carbonyl (C=O) groups excluding carboxylic acids is 4. The van der Waals surface area contributed by atoms with Crippen LogP contribution in [0.5, 0.6) is 0 Å². The summed E-state index contributed by atoms with van der Waals surface area (Å²) in [6.07, 6.45) is -0.158. The van der Waals surface area contributed by atoms with Gasteiger partial charge in [0, 0.05) is 6.42 Å². The van der Waals surface area contributed by atoms with Gasteiger partial charge in [-0.3, -0.25) is 9.59 Å². The molecular weight excluding hydrogens is 438 g/mol. The molecule has 9 heteroatoms. The quantitative estimate of drug-likeness (QED) is 0.445. The van der Waals surface area contributed by atoms with E-state index in [9.17, 15) is 19.2 Å². The molecule has 0 spiro atoms. The molecule has 0 fully saturated rings. The number of nitrogens with one attached hydrogen (secondary N) is 3. The number of alkyl carbamates (subject to hydrolysis) is 1. The number of hydrogen-bond acceptors (Lipinski definition) is 6. The summed E-state index contributed by atoms with van der Waals surface area (Å²) in [4.78, 5) is 50.6. The van der Waals surface area contributed by atoms with Crippen LogP contribution < -0.4 is 16.0 Å². The molecular formula is C25H39N3O6. The molecule has 0 aromatic heterocycles. The molecule has 1 rings (SSSR count). The molecule has 0 radical (unpaired) electrons. The fourth-order valence-corrected chi connectivity index (χ4v) is 3.13. The van der Waals surface area contributed by atoms with Crippen LogP contribution in [0.25, 0.3) is 0 Å². The topological polar surface area (TPSA) is 123 Å². The van der Waals surface area contributed by atoms with E-state index in [0.717, 1.165) is 5.56 Å². The zero-order valence-corrected chi connectivity index (χ0v) is 21.5. The van der Waals surface area contributed by atoms with Crippen molar-refractivity contribution in [2.75, 3.05) is 7.11 Å². The Hall–Kier alpha value is -3.10. The third kappa shape index (κ3) is 10.2. The first-order valence-corrected chi connectivity index (χ1v) is 11.4. The number of methoxy groups -OCH3 is 1. The number of esters is 1. The van der Waals surface area contributed by atoms with Crippen LogP contribution in [0.4, 0.5) is 4.79 Å². The number of carbonyl (C=O) groups is 4. The van der Waals surface area contributed by atoms with E-state index in [1.807, 2.05) is 44.2 Å². The molecule has 3 amide bonds. The van der Waals surface area contributed by atoms with Crippen LogP contribution in [-0.2, 0) is 30.3 Å². The molecule has 0 unspecified atom stereocenters. The number of amides is 3. The normalized spacial score (nSPS) is 13.4. The number of benzene rings is 1. The Balaban J connectivity index is 3.01. The van der Waals surface area contributed by atoms with Gasteiger partial charge in [0.05, 0.1) is 7.11 Å². The molecule has 190 valence electrons. The number of hydrogen-bond donors (Lipinski definition) is 3. The largest absolute Gasteiger partial charge is 0.467 e. The summed E-state index contributed by atoms with van der Waals surface area (Å²) in [6.45, 7) is 12.1. The molecule has 2 atom stereocenters. The maximum Gasteiger partial charge on any atom is 0.408 e. The van der Waals surface area contributed by atoms with Crippen LogP contribution in [0.1, 0.15) is 60.5 Å². The summed E-state index contributed by atoms with van der Waals surface area (Å²) in [5.41, 5.74) is -1.29. The fraction of sp³-hybridized carbons (Fsp3) is 0.600. The monoisotopic (exact) mass is 477 g/mol. The van der Waals surface area contributed by atoms with E-state index in [1.165, 1.54) is 21.0 Å². The molecule has 9 nitrogen and oxygen atoms in total. The number of rotatable bonds is 10. The SMILES string of the molecule is COC(=O)[C@H](CC(C)C)NC(=O)C(C)(C)NC(=O)[C@H](Cc1ccccc1)NC(=O)OC(C)(C)C. The summed E-state index contributed by atoms with van der Waals surface area (Å²) >= 11 is 0. The Morgan fingerprint density at radius 1 is 0.912 bits per heavy atom. The third-order valence-corrected chi connectivity index (χ3v) is 4.79. The lowest BCUT2D eigenvalue weighted by molar-refractivity contribution is -0.146. The van der Waals surface area contributed by atoms with Gasteiger partial charge in [-0.05, 0) is 52.5 Å². The molecule has 1 aromatic rings. The lowest BCUT2D eigenvalue weighted by Crippen LogP contribution is -2.61. The van der Waals surface area contributed by atoms with Gasteiger partial charge in [-0.25, -0.2) is 9.59 Å². The average molecular weight is 478 g/mol. The Morgan fingerprint density at radius 2 is 1.50 bits per heavy atom. The standard InChI is InChI=1S/C25H39N3O6/c1-16(2)14-19(21(30)33-8)26-22(31)25(6,7)28-20(29)18(15-17-12-10-9-11-13-17)27-23(32)34-24(3,4)5/h9-13,16,18-19H,14-15H2,1-8H3,(H,26,31)(H,27,32)(H,28,29)/t18-,19-/m0/s1. The Labute approximate surface area is 202 Å². The summed E-state index contributed by atoms with van der Waals surface area (Å²) in [5, 5.41) is 7.95. The highest BCUT2D eigenvalue weighted by atomic mass is 16.6. The van der Waals surface area contributed by atoms with Gasteiger partial charge < -0.3 is 25.4 Å². The van der Waals surface area contributed by atoms with Crippen molar-refractivity contribution in [2.24, 2.45) is 5.92 Å². The first-order valence-electron chi connectivity index (χ1n) is 11.4. The second-order valence-electron chi connectivity index (χ2n) is 10.2. The van der Waals surface area contributed by atoms with Gasteiger partial charge in [0.15, 0.2) is 0 Å². The molecule has 0 aliphatic rings. The van der Waals surface area contributed by atoms with E-state index >= 15 is 0 Å².